The predicted molar refractivity (Wildman–Crippen MR) is 108 cm³/mol. The summed E-state index contributed by atoms with van der Waals surface area (Å²) >= 11 is 3.10. The van der Waals surface area contributed by atoms with Gasteiger partial charge in [0.25, 0.3) is 5.91 Å². The van der Waals surface area contributed by atoms with Crippen LogP contribution in [0.2, 0.25) is 0 Å². The van der Waals surface area contributed by atoms with E-state index in [1.807, 2.05) is 31.3 Å². The third-order valence-corrected chi connectivity index (χ3v) is 7.18. The van der Waals surface area contributed by atoms with Gasteiger partial charge in [-0.15, -0.1) is 22.7 Å². The molecule has 0 radical (unpaired) electrons. The lowest BCUT2D eigenvalue weighted by Gasteiger charge is -2.20. The molecule has 2 N–H and O–H groups in total. The highest BCUT2D eigenvalue weighted by Crippen LogP contribution is 2.35. The maximum absolute atomic E-state index is 12.8. The second-order valence-corrected chi connectivity index (χ2v) is 8.58. The van der Waals surface area contributed by atoms with Gasteiger partial charge in [-0.2, -0.15) is 0 Å². The molecule has 3 aromatic rings. The molecule has 1 aliphatic rings. The maximum atomic E-state index is 12.8. The highest BCUT2D eigenvalue weighted by molar-refractivity contribution is 7.21. The van der Waals surface area contributed by atoms with E-state index in [9.17, 15) is 4.79 Å². The number of thiophene rings is 1. The number of piperidine rings is 1. The molecular weight excluding hydrogens is 366 g/mol. The van der Waals surface area contributed by atoms with Crippen molar-refractivity contribution in [1.82, 2.24) is 10.3 Å². The van der Waals surface area contributed by atoms with Crippen LogP contribution in [0.25, 0.3) is 10.1 Å². The van der Waals surface area contributed by atoms with E-state index in [0.717, 1.165) is 52.2 Å². The Hall–Kier alpha value is -1.96. The quantitative estimate of drug-likeness (QED) is 0.697. The monoisotopic (exact) mass is 387 g/mol. The molecular formula is C19H21N3O2S2. The molecule has 136 valence electrons. The number of carbonyl (C=O) groups excluding carboxylic acids is 1. The number of hydrogen-bond donors (Lipinski definition) is 2. The highest BCUT2D eigenvalue weighted by atomic mass is 32.1. The number of hydrogen-bond acceptors (Lipinski definition) is 6. The summed E-state index contributed by atoms with van der Waals surface area (Å²) in [4.78, 5) is 19.2. The molecule has 0 saturated carbocycles. The molecule has 0 bridgehead atoms. The van der Waals surface area contributed by atoms with Crippen molar-refractivity contribution in [2.75, 3.05) is 25.5 Å². The van der Waals surface area contributed by atoms with Crippen LogP contribution in [0, 0.1) is 6.92 Å². The Morgan fingerprint density at radius 1 is 1.31 bits per heavy atom. The number of nitrogens with zero attached hydrogens (tertiary/aromatic N) is 1. The van der Waals surface area contributed by atoms with Crippen molar-refractivity contribution in [3.05, 3.63) is 39.7 Å². The fraction of sp³-hybridized carbons (Fsp3) is 0.368. The first kappa shape index (κ1) is 17.5. The zero-order valence-electron chi connectivity index (χ0n) is 14.8. The minimum Gasteiger partial charge on any atom is -0.497 e. The molecule has 1 aromatic carbocycles. The zero-order chi connectivity index (χ0) is 18.1. The van der Waals surface area contributed by atoms with Crippen molar-refractivity contribution >= 4 is 43.8 Å². The SMILES string of the molecule is COc1ccc2sc(C(=O)Nc3ncc(C4CCNCC4)s3)c(C)c2c1. The number of anilines is 1. The number of fused-ring (bicyclic) bond motifs is 1. The fourth-order valence-electron chi connectivity index (χ4n) is 3.34. The lowest BCUT2D eigenvalue weighted by atomic mass is 9.97. The first-order chi connectivity index (χ1) is 12.7. The summed E-state index contributed by atoms with van der Waals surface area (Å²) in [6, 6.07) is 5.91. The van der Waals surface area contributed by atoms with Crippen molar-refractivity contribution in [2.24, 2.45) is 0 Å². The minimum atomic E-state index is -0.0890. The third kappa shape index (κ3) is 3.34. The second-order valence-electron chi connectivity index (χ2n) is 6.46. The van der Waals surface area contributed by atoms with E-state index in [4.69, 9.17) is 4.74 Å². The molecule has 4 rings (SSSR count). The molecule has 1 amide bonds. The van der Waals surface area contributed by atoms with Crippen LogP contribution in [-0.2, 0) is 0 Å². The summed E-state index contributed by atoms with van der Waals surface area (Å²) in [5.74, 6) is 1.27. The maximum Gasteiger partial charge on any atom is 0.267 e. The molecule has 5 nitrogen and oxygen atoms in total. The summed E-state index contributed by atoms with van der Waals surface area (Å²) in [6.07, 6.45) is 4.18. The van der Waals surface area contributed by atoms with Gasteiger partial charge in [-0.05, 0) is 67.9 Å². The number of aryl methyl sites for hydroxylation is 1. The Labute approximate surface area is 160 Å². The molecule has 3 heterocycles. The molecule has 7 heteroatoms. The van der Waals surface area contributed by atoms with Crippen LogP contribution in [0.5, 0.6) is 5.75 Å². The van der Waals surface area contributed by atoms with Crippen LogP contribution in [0.15, 0.2) is 24.4 Å². The molecule has 0 aliphatic carbocycles. The molecule has 1 fully saturated rings. The fourth-order valence-corrected chi connectivity index (χ4v) is 5.40. The largest absolute Gasteiger partial charge is 0.497 e. The molecule has 1 saturated heterocycles. The van der Waals surface area contributed by atoms with Gasteiger partial charge in [-0.25, -0.2) is 4.98 Å². The Kier molecular flexibility index (Phi) is 4.93. The lowest BCUT2D eigenvalue weighted by molar-refractivity contribution is 0.103. The normalized spacial score (nSPS) is 15.3. The third-order valence-electron chi connectivity index (χ3n) is 4.84. The van der Waals surface area contributed by atoms with Crippen molar-refractivity contribution in [3.8, 4) is 5.75 Å². The summed E-state index contributed by atoms with van der Waals surface area (Å²) in [5, 5.41) is 8.10. The molecule has 0 spiro atoms. The zero-order valence-corrected chi connectivity index (χ0v) is 16.4. The van der Waals surface area contributed by atoms with Crippen molar-refractivity contribution in [2.45, 2.75) is 25.7 Å². The van der Waals surface area contributed by atoms with E-state index >= 15 is 0 Å². The first-order valence-corrected chi connectivity index (χ1v) is 10.3. The average molecular weight is 388 g/mol. The average Bonchev–Trinajstić information content (AvgIpc) is 3.27. The summed E-state index contributed by atoms with van der Waals surface area (Å²) < 4.78 is 6.38. The summed E-state index contributed by atoms with van der Waals surface area (Å²) in [5.41, 5.74) is 0.983. The summed E-state index contributed by atoms with van der Waals surface area (Å²) in [7, 11) is 1.65. The van der Waals surface area contributed by atoms with Gasteiger partial charge in [0, 0.05) is 15.8 Å². The Balaban J connectivity index is 1.54. The first-order valence-electron chi connectivity index (χ1n) is 8.70. The van der Waals surface area contributed by atoms with E-state index in [1.54, 1.807) is 18.4 Å². The molecule has 1 aliphatic heterocycles. The number of rotatable bonds is 4. The van der Waals surface area contributed by atoms with Crippen molar-refractivity contribution < 1.29 is 9.53 Å². The van der Waals surface area contributed by atoms with Crippen LogP contribution in [0.3, 0.4) is 0 Å². The topological polar surface area (TPSA) is 63.2 Å². The second kappa shape index (κ2) is 7.34. The minimum absolute atomic E-state index is 0.0890. The van der Waals surface area contributed by atoms with Gasteiger partial charge in [-0.3, -0.25) is 10.1 Å². The number of thiazole rings is 1. The van der Waals surface area contributed by atoms with Gasteiger partial charge in [0.05, 0.1) is 12.0 Å². The van der Waals surface area contributed by atoms with Gasteiger partial charge < -0.3 is 10.1 Å². The number of methoxy groups -OCH3 is 1. The smallest absolute Gasteiger partial charge is 0.267 e. The Morgan fingerprint density at radius 2 is 2.12 bits per heavy atom. The molecule has 0 atom stereocenters. The number of amides is 1. The van der Waals surface area contributed by atoms with Crippen LogP contribution in [0.1, 0.15) is 38.9 Å². The van der Waals surface area contributed by atoms with E-state index in [2.05, 4.69) is 15.6 Å². The van der Waals surface area contributed by atoms with Crippen LogP contribution in [-0.4, -0.2) is 31.1 Å². The summed E-state index contributed by atoms with van der Waals surface area (Å²) in [6.45, 7) is 4.08. The van der Waals surface area contributed by atoms with E-state index in [1.165, 1.54) is 16.2 Å². The molecule has 26 heavy (non-hydrogen) atoms. The standard InChI is InChI=1S/C19H21N3O2S2/c1-11-14-9-13(24-2)3-4-15(14)25-17(11)18(23)22-19-21-10-16(26-19)12-5-7-20-8-6-12/h3-4,9-10,12,20H,5-8H2,1-2H3,(H,21,22,23). The highest BCUT2D eigenvalue weighted by Gasteiger charge is 2.20. The van der Waals surface area contributed by atoms with Crippen molar-refractivity contribution in [3.63, 3.8) is 0 Å². The number of ether oxygens (including phenoxy) is 1. The van der Waals surface area contributed by atoms with Crippen molar-refractivity contribution in [1.29, 1.82) is 0 Å². The van der Waals surface area contributed by atoms with Gasteiger partial charge in [0.15, 0.2) is 5.13 Å². The number of aromatic nitrogens is 1. The Morgan fingerprint density at radius 3 is 2.88 bits per heavy atom. The van der Waals surface area contributed by atoms with Crippen LogP contribution in [0.4, 0.5) is 5.13 Å². The lowest BCUT2D eigenvalue weighted by Crippen LogP contribution is -2.26. The Bertz CT molecular complexity index is 942. The predicted octanol–water partition coefficient (Wildman–Crippen LogP) is 4.39. The molecule has 2 aromatic heterocycles. The number of carbonyl (C=O) groups is 1. The van der Waals surface area contributed by atoms with E-state index < -0.39 is 0 Å². The van der Waals surface area contributed by atoms with Crippen LogP contribution >= 0.6 is 22.7 Å². The van der Waals surface area contributed by atoms with Gasteiger partial charge in [0.1, 0.15) is 5.75 Å². The number of nitrogens with one attached hydrogen (secondary N) is 2. The van der Waals surface area contributed by atoms with E-state index in [0.29, 0.717) is 11.0 Å². The number of benzene rings is 1. The van der Waals surface area contributed by atoms with Gasteiger partial charge in [-0.1, -0.05) is 0 Å². The van der Waals surface area contributed by atoms with Gasteiger partial charge in [0.2, 0.25) is 0 Å². The molecule has 0 unspecified atom stereocenters. The van der Waals surface area contributed by atoms with Crippen LogP contribution < -0.4 is 15.4 Å². The van der Waals surface area contributed by atoms with E-state index in [-0.39, 0.29) is 5.91 Å². The van der Waals surface area contributed by atoms with Gasteiger partial charge >= 0.3 is 0 Å².